The fourth-order valence-electron chi connectivity index (χ4n) is 9.65. The van der Waals surface area contributed by atoms with E-state index in [1.54, 1.807) is 0 Å². The Morgan fingerprint density at radius 1 is 0.404 bits per heavy atom. The molecule has 57 heavy (non-hydrogen) atoms. The zero-order valence-corrected chi connectivity index (χ0v) is 31.2. The number of rotatable bonds is 5. The molecule has 7 aromatic carbocycles. The Morgan fingerprint density at radius 3 is 1.82 bits per heavy atom. The molecule has 0 amide bonds. The minimum absolute atomic E-state index is 0.945. The number of hydrogen-bond acceptors (Lipinski definition) is 1. The van der Waals surface area contributed by atoms with Crippen molar-refractivity contribution in [3.8, 4) is 50.7 Å². The van der Waals surface area contributed by atoms with Crippen LogP contribution in [-0.4, -0.2) is 18.7 Å². The fraction of sp³-hybridized carbons (Fsp3) is 0.0377. The number of pyridine rings is 1. The van der Waals surface area contributed by atoms with E-state index in [0.29, 0.717) is 0 Å². The molecular weight excluding hydrogens is 693 g/mol. The molecule has 1 aliphatic carbocycles. The second-order valence-corrected chi connectivity index (χ2v) is 15.1. The van der Waals surface area contributed by atoms with Crippen LogP contribution in [-0.2, 0) is 12.8 Å². The lowest BCUT2D eigenvalue weighted by Gasteiger charge is -2.20. The largest absolute Gasteiger partial charge is 0.313 e. The van der Waals surface area contributed by atoms with Crippen molar-refractivity contribution in [3.05, 3.63) is 206 Å². The maximum absolute atomic E-state index is 4.68. The Bertz CT molecular complexity index is 3330. The van der Waals surface area contributed by atoms with Crippen LogP contribution in [0, 0.1) is 0 Å². The van der Waals surface area contributed by atoms with Crippen LogP contribution in [0.3, 0.4) is 0 Å². The second-order valence-electron chi connectivity index (χ2n) is 15.1. The second kappa shape index (κ2) is 12.6. The number of aromatic nitrogens is 4. The van der Waals surface area contributed by atoms with Gasteiger partial charge < -0.3 is 13.7 Å². The molecule has 0 spiro atoms. The highest BCUT2D eigenvalue weighted by Gasteiger charge is 2.32. The van der Waals surface area contributed by atoms with Gasteiger partial charge in [-0.1, -0.05) is 121 Å². The van der Waals surface area contributed by atoms with Gasteiger partial charge in [0.1, 0.15) is 0 Å². The summed E-state index contributed by atoms with van der Waals surface area (Å²) in [7, 11) is 0. The van der Waals surface area contributed by atoms with Gasteiger partial charge in [-0.15, -0.1) is 0 Å². The van der Waals surface area contributed by atoms with Gasteiger partial charge in [0.2, 0.25) is 0 Å². The Kier molecular flexibility index (Phi) is 7.02. The average molecular weight is 729 g/mol. The summed E-state index contributed by atoms with van der Waals surface area (Å²) in [4.78, 5) is 4.68. The molecule has 0 aliphatic heterocycles. The maximum atomic E-state index is 4.68. The van der Waals surface area contributed by atoms with Gasteiger partial charge in [-0.05, 0) is 96.3 Å². The molecule has 0 fully saturated rings. The number of nitrogens with zero attached hydrogens (tertiary/aromatic N) is 4. The standard InChI is InChI=1S/C53H36N4/c1-3-15-35(16-4-1)36-17-13-21-39(33-36)55-46-26-9-7-23-43(46)50-48(55)30-28-41-42-29-31-49-51(53(42)57(52(41)50)38-19-5-2-6-20-38)44-24-8-10-27-47(44)56(49)40-22-14-18-37(34-40)45-25-11-12-32-54-45/h1-27,29,31-34H,28,30H2. The van der Waals surface area contributed by atoms with E-state index in [4.69, 9.17) is 0 Å². The smallest absolute Gasteiger partial charge is 0.0702 e. The Labute approximate surface area is 330 Å². The van der Waals surface area contributed by atoms with Crippen LogP contribution in [0.25, 0.3) is 94.3 Å². The minimum atomic E-state index is 0.945. The van der Waals surface area contributed by atoms with Crippen molar-refractivity contribution < 1.29 is 0 Å². The van der Waals surface area contributed by atoms with Crippen LogP contribution < -0.4 is 0 Å². The average Bonchev–Trinajstić information content (AvgIpc) is 3.93. The van der Waals surface area contributed by atoms with Crippen molar-refractivity contribution in [1.82, 2.24) is 18.7 Å². The lowest BCUT2D eigenvalue weighted by Crippen LogP contribution is -2.09. The van der Waals surface area contributed by atoms with Gasteiger partial charge >= 0.3 is 0 Å². The zero-order chi connectivity index (χ0) is 37.5. The molecule has 0 radical (unpaired) electrons. The van der Waals surface area contributed by atoms with Gasteiger partial charge in [0, 0.05) is 61.6 Å². The van der Waals surface area contributed by atoms with E-state index in [9.17, 15) is 0 Å². The molecule has 0 saturated heterocycles. The van der Waals surface area contributed by atoms with Gasteiger partial charge in [0.15, 0.2) is 0 Å². The summed E-state index contributed by atoms with van der Waals surface area (Å²) in [6.07, 6.45) is 3.76. The third-order valence-corrected chi connectivity index (χ3v) is 12.0. The highest BCUT2D eigenvalue weighted by atomic mass is 15.1. The van der Waals surface area contributed by atoms with E-state index in [1.807, 2.05) is 12.3 Å². The predicted molar refractivity (Wildman–Crippen MR) is 236 cm³/mol. The fourth-order valence-corrected chi connectivity index (χ4v) is 9.65. The van der Waals surface area contributed by atoms with Crippen LogP contribution in [0.2, 0.25) is 0 Å². The van der Waals surface area contributed by atoms with Gasteiger partial charge in [-0.3, -0.25) is 4.98 Å². The molecule has 0 bridgehead atoms. The summed E-state index contributed by atoms with van der Waals surface area (Å²) in [5.41, 5.74) is 18.3. The molecule has 12 rings (SSSR count). The molecule has 4 heteroatoms. The van der Waals surface area contributed by atoms with Crippen molar-refractivity contribution in [3.63, 3.8) is 0 Å². The van der Waals surface area contributed by atoms with Gasteiger partial charge in [0.05, 0.1) is 33.5 Å². The molecule has 11 aromatic rings. The predicted octanol–water partition coefficient (Wildman–Crippen LogP) is 13.2. The summed E-state index contributed by atoms with van der Waals surface area (Å²) in [6, 6.07) is 68.3. The summed E-state index contributed by atoms with van der Waals surface area (Å²) in [6.45, 7) is 0. The highest BCUT2D eigenvalue weighted by molar-refractivity contribution is 6.23. The maximum Gasteiger partial charge on any atom is 0.0702 e. The Morgan fingerprint density at radius 2 is 1.04 bits per heavy atom. The molecule has 0 atom stereocenters. The molecule has 4 aromatic heterocycles. The van der Waals surface area contributed by atoms with Crippen molar-refractivity contribution in [2.24, 2.45) is 0 Å². The van der Waals surface area contributed by atoms with Crippen molar-refractivity contribution in [2.75, 3.05) is 0 Å². The molecule has 268 valence electrons. The number of hydrogen-bond donors (Lipinski definition) is 0. The topological polar surface area (TPSA) is 27.7 Å². The van der Waals surface area contributed by atoms with Crippen molar-refractivity contribution in [1.29, 1.82) is 0 Å². The number of fused-ring (bicyclic) bond motifs is 11. The normalized spacial score (nSPS) is 12.4. The van der Waals surface area contributed by atoms with E-state index in [-0.39, 0.29) is 0 Å². The summed E-state index contributed by atoms with van der Waals surface area (Å²) in [5, 5.41) is 5.11. The van der Waals surface area contributed by atoms with Gasteiger partial charge in [0.25, 0.3) is 0 Å². The third-order valence-electron chi connectivity index (χ3n) is 12.0. The minimum Gasteiger partial charge on any atom is -0.313 e. The lowest BCUT2D eigenvalue weighted by molar-refractivity contribution is 0.863. The Hall–Kier alpha value is -7.43. The molecule has 0 N–H and O–H groups in total. The van der Waals surface area contributed by atoms with Crippen LogP contribution in [0.5, 0.6) is 0 Å². The highest BCUT2D eigenvalue weighted by Crippen LogP contribution is 2.50. The monoisotopic (exact) mass is 728 g/mol. The number of benzene rings is 7. The SMILES string of the molecule is c1ccc(-c2cccc(-n3c4c(c5ccccc53)-c3c(c5ccc6c(c7ccccc7n6-c6cccc(-c7ccccn7)c6)c5n3-c3ccccc3)CC4)c2)cc1. The number of aryl methyl sites for hydroxylation is 1. The Balaban J connectivity index is 1.17. The third kappa shape index (κ3) is 4.77. The molecule has 0 unspecified atom stereocenters. The summed E-state index contributed by atoms with van der Waals surface area (Å²) in [5.74, 6) is 0. The van der Waals surface area contributed by atoms with Crippen molar-refractivity contribution >= 4 is 43.6 Å². The van der Waals surface area contributed by atoms with E-state index in [2.05, 4.69) is 201 Å². The van der Waals surface area contributed by atoms with E-state index < -0.39 is 0 Å². The first kappa shape index (κ1) is 31.9. The molecule has 1 aliphatic rings. The lowest BCUT2D eigenvalue weighted by atomic mass is 9.91. The van der Waals surface area contributed by atoms with Crippen LogP contribution >= 0.6 is 0 Å². The van der Waals surface area contributed by atoms with Crippen LogP contribution in [0.4, 0.5) is 0 Å². The summed E-state index contributed by atoms with van der Waals surface area (Å²) < 4.78 is 7.56. The van der Waals surface area contributed by atoms with E-state index in [0.717, 1.165) is 29.8 Å². The summed E-state index contributed by atoms with van der Waals surface area (Å²) >= 11 is 0. The molecular formula is C53H36N4. The zero-order valence-electron chi connectivity index (χ0n) is 31.2. The molecule has 0 saturated carbocycles. The number of para-hydroxylation sites is 3. The van der Waals surface area contributed by atoms with Crippen molar-refractivity contribution in [2.45, 2.75) is 12.8 Å². The first-order valence-electron chi connectivity index (χ1n) is 19.8. The van der Waals surface area contributed by atoms with Gasteiger partial charge in [-0.2, -0.15) is 0 Å². The van der Waals surface area contributed by atoms with E-state index in [1.165, 1.54) is 88.6 Å². The first-order chi connectivity index (χ1) is 28.3. The quantitative estimate of drug-likeness (QED) is 0.173. The first-order valence-corrected chi connectivity index (χ1v) is 19.8. The molecule has 4 nitrogen and oxygen atoms in total. The van der Waals surface area contributed by atoms with Gasteiger partial charge in [-0.25, -0.2) is 0 Å². The molecule has 4 heterocycles. The van der Waals surface area contributed by atoms with Crippen LogP contribution in [0.15, 0.2) is 194 Å². The van der Waals surface area contributed by atoms with E-state index >= 15 is 0 Å². The van der Waals surface area contributed by atoms with Crippen LogP contribution in [0.1, 0.15) is 11.3 Å².